The van der Waals surface area contributed by atoms with Crippen LogP contribution < -0.4 is 16.0 Å². The average Bonchev–Trinajstić information content (AvgIpc) is 2.99. The van der Waals surface area contributed by atoms with Crippen LogP contribution in [0, 0.1) is 5.92 Å². The number of nitrogens with one attached hydrogen (secondary N) is 3. The number of benzene rings is 1. The molecule has 1 aromatic carbocycles. The molecule has 0 radical (unpaired) electrons. The summed E-state index contributed by atoms with van der Waals surface area (Å²) >= 11 is 3.33. The van der Waals surface area contributed by atoms with Gasteiger partial charge in [-0.15, -0.1) is 0 Å². The zero-order chi connectivity index (χ0) is 19.1. The van der Waals surface area contributed by atoms with Crippen molar-refractivity contribution in [2.75, 3.05) is 5.32 Å². The maximum Gasteiger partial charge on any atom is 0.319 e. The molecule has 2 rings (SSSR count). The highest BCUT2D eigenvalue weighted by molar-refractivity contribution is 9.10. The van der Waals surface area contributed by atoms with Gasteiger partial charge in [-0.2, -0.15) is 0 Å². The lowest BCUT2D eigenvalue weighted by atomic mass is 10.0. The maximum absolute atomic E-state index is 12.4. The second-order valence-electron chi connectivity index (χ2n) is 6.16. The van der Waals surface area contributed by atoms with Crippen molar-refractivity contribution in [3.63, 3.8) is 0 Å². The number of carbonyl (C=O) groups is 2. The number of halogens is 1. The molecule has 4 N–H and O–H groups in total. The van der Waals surface area contributed by atoms with E-state index in [1.807, 2.05) is 13.8 Å². The Morgan fingerprint density at radius 3 is 2.54 bits per heavy atom. The van der Waals surface area contributed by atoms with E-state index in [4.69, 9.17) is 9.63 Å². The van der Waals surface area contributed by atoms with Crippen molar-refractivity contribution in [2.24, 2.45) is 5.92 Å². The molecule has 8 nitrogen and oxygen atoms in total. The van der Waals surface area contributed by atoms with Crippen molar-refractivity contribution in [1.29, 1.82) is 0 Å². The van der Waals surface area contributed by atoms with Crippen molar-refractivity contribution in [2.45, 2.75) is 32.9 Å². The molecule has 140 valence electrons. The molecule has 1 unspecified atom stereocenters. The Morgan fingerprint density at radius 2 is 1.96 bits per heavy atom. The molecule has 0 aliphatic carbocycles. The lowest BCUT2D eigenvalue weighted by Crippen LogP contribution is -2.48. The SMILES string of the molecule is CC(C)CC(NC(=O)Nc1ccc(Br)cc1)C(=O)NCc1cc(O)no1. The highest BCUT2D eigenvalue weighted by atomic mass is 79.9. The molecule has 0 aliphatic heterocycles. The summed E-state index contributed by atoms with van der Waals surface area (Å²) in [6.45, 7) is 3.99. The second kappa shape index (κ2) is 9.23. The fourth-order valence-electron chi connectivity index (χ4n) is 2.24. The molecule has 1 heterocycles. The maximum atomic E-state index is 12.4. The number of aromatic hydroxyl groups is 1. The summed E-state index contributed by atoms with van der Waals surface area (Å²) in [5.41, 5.74) is 0.617. The van der Waals surface area contributed by atoms with Crippen LogP contribution in [0.25, 0.3) is 0 Å². The van der Waals surface area contributed by atoms with E-state index in [1.165, 1.54) is 6.07 Å². The zero-order valence-corrected chi connectivity index (χ0v) is 16.0. The number of carbonyl (C=O) groups excluding carboxylic acids is 2. The van der Waals surface area contributed by atoms with E-state index in [-0.39, 0.29) is 24.2 Å². The number of aromatic nitrogens is 1. The largest absolute Gasteiger partial charge is 0.491 e. The van der Waals surface area contributed by atoms with Gasteiger partial charge in [-0.05, 0) is 41.8 Å². The van der Waals surface area contributed by atoms with Gasteiger partial charge in [-0.1, -0.05) is 29.8 Å². The first kappa shape index (κ1) is 19.8. The third-order valence-electron chi connectivity index (χ3n) is 3.41. The van der Waals surface area contributed by atoms with E-state index in [9.17, 15) is 9.59 Å². The minimum atomic E-state index is -0.707. The summed E-state index contributed by atoms with van der Waals surface area (Å²) in [5, 5.41) is 20.5. The van der Waals surface area contributed by atoms with Gasteiger partial charge in [0, 0.05) is 16.2 Å². The third-order valence-corrected chi connectivity index (χ3v) is 3.94. The van der Waals surface area contributed by atoms with Gasteiger partial charge < -0.3 is 25.6 Å². The zero-order valence-electron chi connectivity index (χ0n) is 14.5. The Labute approximate surface area is 159 Å². The van der Waals surface area contributed by atoms with Crippen LogP contribution in [-0.4, -0.2) is 28.2 Å². The van der Waals surface area contributed by atoms with Gasteiger partial charge in [0.2, 0.25) is 5.91 Å². The predicted octanol–water partition coefficient (Wildman–Crippen LogP) is 3.00. The van der Waals surface area contributed by atoms with Crippen LogP contribution in [0.5, 0.6) is 5.88 Å². The lowest BCUT2D eigenvalue weighted by molar-refractivity contribution is -0.123. The summed E-state index contributed by atoms with van der Waals surface area (Å²) in [4.78, 5) is 24.6. The molecular formula is C17H21BrN4O4. The summed E-state index contributed by atoms with van der Waals surface area (Å²) in [6.07, 6.45) is 0.473. The Morgan fingerprint density at radius 1 is 1.27 bits per heavy atom. The number of urea groups is 1. The van der Waals surface area contributed by atoms with Crippen molar-refractivity contribution < 1.29 is 19.2 Å². The van der Waals surface area contributed by atoms with Gasteiger partial charge >= 0.3 is 6.03 Å². The van der Waals surface area contributed by atoms with Crippen LogP contribution >= 0.6 is 15.9 Å². The first-order chi connectivity index (χ1) is 12.3. The van der Waals surface area contributed by atoms with Gasteiger partial charge in [-0.25, -0.2) is 4.79 Å². The number of hydrogen-bond donors (Lipinski definition) is 4. The van der Waals surface area contributed by atoms with Crippen LogP contribution in [-0.2, 0) is 11.3 Å². The summed E-state index contributed by atoms with van der Waals surface area (Å²) in [5.74, 6) is -0.0768. The predicted molar refractivity (Wildman–Crippen MR) is 99.6 cm³/mol. The van der Waals surface area contributed by atoms with Crippen LogP contribution in [0.15, 0.2) is 39.3 Å². The normalized spacial score (nSPS) is 11.8. The molecule has 0 fully saturated rings. The highest BCUT2D eigenvalue weighted by Crippen LogP contribution is 2.14. The van der Waals surface area contributed by atoms with E-state index in [0.29, 0.717) is 17.9 Å². The smallest absolute Gasteiger partial charge is 0.319 e. The van der Waals surface area contributed by atoms with E-state index in [0.717, 1.165) is 4.47 Å². The Balaban J connectivity index is 1.93. The standard InChI is InChI=1S/C17H21BrN4O4/c1-10(2)7-14(16(24)19-9-13-8-15(23)22-26-13)21-17(25)20-12-5-3-11(18)4-6-12/h3-6,8,10,14H,7,9H2,1-2H3,(H,19,24)(H,22,23)(H2,20,21,25). The molecule has 1 aromatic heterocycles. The fraction of sp³-hybridized carbons (Fsp3) is 0.353. The minimum Gasteiger partial charge on any atom is -0.491 e. The van der Waals surface area contributed by atoms with Crippen LogP contribution in [0.3, 0.4) is 0 Å². The van der Waals surface area contributed by atoms with Gasteiger partial charge in [0.25, 0.3) is 5.88 Å². The molecule has 0 aliphatic rings. The van der Waals surface area contributed by atoms with Crippen molar-refractivity contribution >= 4 is 33.6 Å². The summed E-state index contributed by atoms with van der Waals surface area (Å²) < 4.78 is 5.73. The van der Waals surface area contributed by atoms with Crippen molar-refractivity contribution in [1.82, 2.24) is 15.8 Å². The fourth-order valence-corrected chi connectivity index (χ4v) is 2.51. The van der Waals surface area contributed by atoms with Gasteiger partial charge in [0.05, 0.1) is 6.54 Å². The molecule has 26 heavy (non-hydrogen) atoms. The Bertz CT molecular complexity index is 745. The molecule has 2 aromatic rings. The van der Waals surface area contributed by atoms with Gasteiger partial charge in [0.1, 0.15) is 6.04 Å². The summed E-state index contributed by atoms with van der Waals surface area (Å²) in [6, 6.07) is 7.24. The number of amides is 3. The molecule has 9 heteroatoms. The molecule has 0 bridgehead atoms. The van der Waals surface area contributed by atoms with Crippen molar-refractivity contribution in [3.8, 4) is 5.88 Å². The van der Waals surface area contributed by atoms with E-state index in [1.54, 1.807) is 24.3 Å². The minimum absolute atomic E-state index is 0.0665. The lowest BCUT2D eigenvalue weighted by Gasteiger charge is -2.20. The van der Waals surface area contributed by atoms with Crippen LogP contribution in [0.2, 0.25) is 0 Å². The molecular weight excluding hydrogens is 404 g/mol. The van der Waals surface area contributed by atoms with E-state index < -0.39 is 12.1 Å². The highest BCUT2D eigenvalue weighted by Gasteiger charge is 2.22. The number of hydrogen-bond acceptors (Lipinski definition) is 5. The number of rotatable bonds is 7. The van der Waals surface area contributed by atoms with Crippen LogP contribution in [0.4, 0.5) is 10.5 Å². The Kier molecular flexibility index (Phi) is 7.02. The molecule has 3 amide bonds. The summed E-state index contributed by atoms with van der Waals surface area (Å²) in [7, 11) is 0. The third kappa shape index (κ3) is 6.40. The van der Waals surface area contributed by atoms with Gasteiger partial charge in [-0.3, -0.25) is 4.79 Å². The van der Waals surface area contributed by atoms with Crippen LogP contribution in [0.1, 0.15) is 26.0 Å². The molecule has 1 atom stereocenters. The number of nitrogens with zero attached hydrogens (tertiary/aromatic N) is 1. The van der Waals surface area contributed by atoms with E-state index >= 15 is 0 Å². The first-order valence-electron chi connectivity index (χ1n) is 8.09. The molecule has 0 spiro atoms. The quantitative estimate of drug-likeness (QED) is 0.544. The second-order valence-corrected chi connectivity index (χ2v) is 7.07. The molecule has 0 saturated carbocycles. The molecule has 0 saturated heterocycles. The van der Waals surface area contributed by atoms with Gasteiger partial charge in [0.15, 0.2) is 5.76 Å². The topological polar surface area (TPSA) is 116 Å². The van der Waals surface area contributed by atoms with Crippen molar-refractivity contribution in [3.05, 3.63) is 40.6 Å². The number of anilines is 1. The average molecular weight is 425 g/mol. The van der Waals surface area contributed by atoms with E-state index in [2.05, 4.69) is 37.0 Å². The monoisotopic (exact) mass is 424 g/mol. The Hall–Kier alpha value is -2.55. The first-order valence-corrected chi connectivity index (χ1v) is 8.88.